The molecule has 14 bridgehead atoms. The van der Waals surface area contributed by atoms with E-state index in [1.165, 1.54) is 0 Å². The lowest BCUT2D eigenvalue weighted by atomic mass is 10.0. The Morgan fingerprint density at radius 3 is 1.69 bits per heavy atom. The normalized spacial score (nSPS) is 14.7. The van der Waals surface area contributed by atoms with Gasteiger partial charge in [-0.25, -0.2) is 44.9 Å². The van der Waals surface area contributed by atoms with Crippen LogP contribution in [0.1, 0.15) is 11.3 Å². The fourth-order valence-electron chi connectivity index (χ4n) is 7.88. The lowest BCUT2D eigenvalue weighted by molar-refractivity contribution is 1.25. The molecule has 0 radical (unpaired) electrons. The van der Waals surface area contributed by atoms with E-state index in [-0.39, 0.29) is 0 Å². The highest BCUT2D eigenvalue weighted by atomic mass is 14.9. The van der Waals surface area contributed by atoms with Crippen LogP contribution in [0.15, 0.2) is 126 Å². The molecule has 0 fully saturated rings. The Hall–Kier alpha value is -7.72. The molecule has 0 saturated carbocycles. The van der Waals surface area contributed by atoms with Gasteiger partial charge in [-0.05, 0) is 85.4 Å². The molecule has 0 saturated heterocycles. The average molecular weight is 705 g/mol. The summed E-state index contributed by atoms with van der Waals surface area (Å²) in [6, 6.07) is 34.0. The van der Waals surface area contributed by atoms with Crippen LogP contribution in [0.2, 0.25) is 0 Å². The SMILES string of the molecule is C=N/C1=C\C=C/Cc2cccc3nc4c5nc6cccc7c8cccc(n8)c8cccc(n8)c8ccc(c9nc(c4nc23)c(nc98)c5nc67)-c2cccc1n2. The van der Waals surface area contributed by atoms with Crippen molar-refractivity contribution >= 4 is 111 Å². The van der Waals surface area contributed by atoms with Gasteiger partial charge in [0.1, 0.15) is 33.1 Å². The van der Waals surface area contributed by atoms with Crippen molar-refractivity contribution in [2.75, 3.05) is 0 Å². The van der Waals surface area contributed by atoms with Gasteiger partial charge in [0.05, 0.1) is 72.3 Å². The summed E-state index contributed by atoms with van der Waals surface area (Å²) in [4.78, 5) is 52.1. The third-order valence-electron chi connectivity index (χ3n) is 10.5. The van der Waals surface area contributed by atoms with E-state index in [2.05, 4.69) is 23.9 Å². The average Bonchev–Trinajstić information content (AvgIpc) is 3.24. The minimum atomic E-state index is 0.572. The molecule has 11 aromatic rings. The van der Waals surface area contributed by atoms with E-state index in [0.29, 0.717) is 78.7 Å². The summed E-state index contributed by atoms with van der Waals surface area (Å²) in [5.74, 6) is 0. The van der Waals surface area contributed by atoms with Crippen molar-refractivity contribution in [2.24, 2.45) is 4.99 Å². The molecule has 254 valence electrons. The molecule has 0 unspecified atom stereocenters. The van der Waals surface area contributed by atoms with Gasteiger partial charge in [-0.15, -0.1) is 0 Å². The van der Waals surface area contributed by atoms with Crippen molar-refractivity contribution in [1.29, 1.82) is 0 Å². The lowest BCUT2D eigenvalue weighted by Gasteiger charge is -2.14. The van der Waals surface area contributed by atoms with Gasteiger partial charge in [0.2, 0.25) is 0 Å². The quantitative estimate of drug-likeness (QED) is 0.0932. The highest BCUT2D eigenvalue weighted by Gasteiger charge is 2.22. The maximum absolute atomic E-state index is 5.51. The van der Waals surface area contributed by atoms with E-state index < -0.39 is 0 Å². The third-order valence-corrected chi connectivity index (χ3v) is 10.5. The molecule has 0 amide bonds. The molecular formula is C45H24N10. The summed E-state index contributed by atoms with van der Waals surface area (Å²) in [6.45, 7) is 3.86. The van der Waals surface area contributed by atoms with Gasteiger partial charge >= 0.3 is 0 Å². The van der Waals surface area contributed by atoms with Gasteiger partial charge < -0.3 is 0 Å². The standard InChI is InChI=1S/C45H24N10/c1-46-30-12-3-2-9-23-10-4-19-34-36(23)52-42-40(50-34)41-43-45-44(42)54-38-25(28-14-6-16-31(30)47-28)21-22-26(39(38)55-45)29-15-8-18-33(49-29)32-17-7-13-27(48-32)24-11-5-20-35(51-41)37(24)53-43/h2-8,10-22H,1,9H2/b3-2-,30-12-. The van der Waals surface area contributed by atoms with Crippen LogP contribution < -0.4 is 0 Å². The van der Waals surface area contributed by atoms with Gasteiger partial charge in [0.25, 0.3) is 0 Å². The van der Waals surface area contributed by atoms with E-state index in [4.69, 9.17) is 44.9 Å². The fraction of sp³-hybridized carbons (Fsp3) is 0.0222. The van der Waals surface area contributed by atoms with Gasteiger partial charge in [-0.2, -0.15) is 0 Å². The first-order valence-electron chi connectivity index (χ1n) is 17.9. The number of para-hydroxylation sites is 2. The number of nitrogens with zero attached hydrogens (tertiary/aromatic N) is 10. The largest absolute Gasteiger partial charge is 0.262 e. The van der Waals surface area contributed by atoms with Crippen LogP contribution in [0.5, 0.6) is 0 Å². The van der Waals surface area contributed by atoms with Crippen molar-refractivity contribution in [3.63, 3.8) is 0 Å². The number of fused-ring (bicyclic) bond motifs is 11. The molecule has 12 rings (SSSR count). The molecule has 0 N–H and O–H groups in total. The Kier molecular flexibility index (Phi) is 6.04. The molecule has 4 aromatic carbocycles. The van der Waals surface area contributed by atoms with Crippen LogP contribution in [0.3, 0.4) is 0 Å². The minimum Gasteiger partial charge on any atom is -0.262 e. The molecule has 0 atom stereocenters. The summed E-state index contributed by atoms with van der Waals surface area (Å²) in [7, 11) is 0. The smallest absolute Gasteiger partial charge is 0.120 e. The maximum Gasteiger partial charge on any atom is 0.120 e. The highest BCUT2D eigenvalue weighted by Crippen LogP contribution is 2.38. The number of allylic oxidation sites excluding steroid dienone is 3. The third kappa shape index (κ3) is 4.36. The number of aliphatic imine (C=N–C) groups is 1. The molecule has 0 spiro atoms. The Labute approximate surface area is 310 Å². The van der Waals surface area contributed by atoms with Crippen molar-refractivity contribution in [3.05, 3.63) is 133 Å². The lowest BCUT2D eigenvalue weighted by Crippen LogP contribution is -2.01. The number of aromatic nitrogens is 9. The zero-order valence-corrected chi connectivity index (χ0v) is 28.9. The second-order valence-corrected chi connectivity index (χ2v) is 13.6. The molecule has 7 aromatic heterocycles. The Bertz CT molecular complexity index is 3610. The Morgan fingerprint density at radius 2 is 0.945 bits per heavy atom. The topological polar surface area (TPSA) is 128 Å². The van der Waals surface area contributed by atoms with E-state index in [9.17, 15) is 0 Å². The van der Waals surface area contributed by atoms with Crippen LogP contribution in [0, 0.1) is 0 Å². The maximum atomic E-state index is 5.51. The van der Waals surface area contributed by atoms with E-state index in [1.54, 1.807) is 0 Å². The second kappa shape index (κ2) is 11.1. The molecule has 1 aliphatic rings. The monoisotopic (exact) mass is 704 g/mol. The van der Waals surface area contributed by atoms with E-state index in [0.717, 1.165) is 55.0 Å². The first-order valence-corrected chi connectivity index (χ1v) is 17.9. The van der Waals surface area contributed by atoms with E-state index >= 15 is 0 Å². The van der Waals surface area contributed by atoms with Crippen molar-refractivity contribution in [2.45, 2.75) is 6.42 Å². The van der Waals surface area contributed by atoms with Crippen molar-refractivity contribution in [3.8, 4) is 11.3 Å². The molecular weight excluding hydrogens is 681 g/mol. The number of benzene rings is 4. The Morgan fingerprint density at radius 1 is 0.400 bits per heavy atom. The minimum absolute atomic E-state index is 0.572. The van der Waals surface area contributed by atoms with Crippen molar-refractivity contribution in [1.82, 2.24) is 44.9 Å². The van der Waals surface area contributed by atoms with Gasteiger partial charge in [0, 0.05) is 16.3 Å². The van der Waals surface area contributed by atoms with Gasteiger partial charge in [-0.3, -0.25) is 4.99 Å². The predicted molar refractivity (Wildman–Crippen MR) is 220 cm³/mol. The fourth-order valence-corrected chi connectivity index (χ4v) is 7.88. The van der Waals surface area contributed by atoms with Crippen LogP contribution in [0.25, 0.3) is 116 Å². The highest BCUT2D eigenvalue weighted by molar-refractivity contribution is 6.23. The number of hydrogen-bond acceptors (Lipinski definition) is 10. The first-order chi connectivity index (χ1) is 27.2. The number of hydrogen-bond donors (Lipinski definition) is 0. The zero-order valence-electron chi connectivity index (χ0n) is 28.9. The number of pyridine rings is 3. The summed E-state index contributed by atoms with van der Waals surface area (Å²) < 4.78 is 0. The van der Waals surface area contributed by atoms with Crippen molar-refractivity contribution < 1.29 is 0 Å². The zero-order chi connectivity index (χ0) is 36.2. The van der Waals surface area contributed by atoms with Crippen LogP contribution in [-0.2, 0) is 6.42 Å². The van der Waals surface area contributed by atoms with E-state index in [1.807, 2.05) is 109 Å². The molecule has 10 heteroatoms. The van der Waals surface area contributed by atoms with Gasteiger partial charge in [-0.1, -0.05) is 54.6 Å². The predicted octanol–water partition coefficient (Wildman–Crippen LogP) is 9.44. The molecule has 1 aliphatic heterocycles. The molecule has 8 heterocycles. The molecule has 55 heavy (non-hydrogen) atoms. The van der Waals surface area contributed by atoms with Crippen LogP contribution in [-0.4, -0.2) is 51.6 Å². The summed E-state index contributed by atoms with van der Waals surface area (Å²) in [5, 5.41) is 1.66. The summed E-state index contributed by atoms with van der Waals surface area (Å²) in [5.41, 5.74) is 14.6. The van der Waals surface area contributed by atoms with Crippen LogP contribution in [0.4, 0.5) is 0 Å². The number of rotatable bonds is 1. The Balaban J connectivity index is 1.39. The molecule has 10 nitrogen and oxygen atoms in total. The first kappa shape index (κ1) is 29.8. The summed E-state index contributed by atoms with van der Waals surface area (Å²) in [6.07, 6.45) is 6.62. The second-order valence-electron chi connectivity index (χ2n) is 13.6. The van der Waals surface area contributed by atoms with Gasteiger partial charge in [0.15, 0.2) is 0 Å². The summed E-state index contributed by atoms with van der Waals surface area (Å²) >= 11 is 0. The molecule has 0 aliphatic carbocycles. The van der Waals surface area contributed by atoms with Crippen LogP contribution >= 0.6 is 0 Å².